The normalized spacial score (nSPS) is 8.71. The van der Waals surface area contributed by atoms with E-state index in [1.807, 2.05) is 12.1 Å². The zero-order chi connectivity index (χ0) is 12.5. The molecule has 17 heavy (non-hydrogen) atoms. The Morgan fingerprint density at radius 1 is 0.882 bits per heavy atom. The minimum absolute atomic E-state index is 0.148. The lowest BCUT2D eigenvalue weighted by molar-refractivity contribution is 0.574. The molecule has 86 valence electrons. The van der Waals surface area contributed by atoms with Gasteiger partial charge in [0.2, 0.25) is 0 Å². The van der Waals surface area contributed by atoms with E-state index in [0.717, 1.165) is 0 Å². The van der Waals surface area contributed by atoms with E-state index in [1.165, 1.54) is 17.2 Å². The fourth-order valence-corrected chi connectivity index (χ4v) is 1.26. The van der Waals surface area contributed by atoms with Crippen LogP contribution < -0.4 is 0 Å². The van der Waals surface area contributed by atoms with Crippen molar-refractivity contribution in [3.05, 3.63) is 73.3 Å². The third-order valence-corrected chi connectivity index (χ3v) is 2.22. The average Bonchev–Trinajstić information content (AvgIpc) is 2.41. The van der Waals surface area contributed by atoms with Gasteiger partial charge in [-0.1, -0.05) is 67.2 Å². The maximum Gasteiger partial charge on any atom is 0.180 e. The lowest BCUT2D eigenvalue weighted by atomic mass is 10.1. The Morgan fingerprint density at radius 3 is 1.41 bits per heavy atom. The van der Waals surface area contributed by atoms with E-state index in [2.05, 4.69) is 67.3 Å². The predicted molar refractivity (Wildman–Crippen MR) is 77.3 cm³/mol. The number of aliphatic hydroxyl groups is 1. The largest absolute Gasteiger partial charge is 0.499 e. The van der Waals surface area contributed by atoms with Gasteiger partial charge < -0.3 is 5.11 Å². The maximum absolute atomic E-state index is 7.97. The smallest absolute Gasteiger partial charge is 0.180 e. The fourth-order valence-electron chi connectivity index (χ4n) is 1.26. The van der Waals surface area contributed by atoms with Crippen LogP contribution in [0, 0.1) is 0 Å². The fraction of sp³-hybridized carbons (Fsp3) is 0. The van der Waals surface area contributed by atoms with Gasteiger partial charge in [0.05, 0.1) is 0 Å². The number of hydrogen-bond donors (Lipinski definition) is 1. The number of aliphatic hydroxyl groups excluding tert-OH is 1. The first-order chi connectivity index (χ1) is 8.24. The third kappa shape index (κ3) is 5.09. The summed E-state index contributed by atoms with van der Waals surface area (Å²) in [4.78, 5) is 0. The van der Waals surface area contributed by atoms with E-state index >= 15 is 0 Å². The van der Waals surface area contributed by atoms with Crippen LogP contribution in [0.1, 0.15) is 0 Å². The van der Waals surface area contributed by atoms with Crippen molar-refractivity contribution in [1.82, 2.24) is 0 Å². The molecule has 0 bridgehead atoms. The Labute approximate surface area is 107 Å². The van der Waals surface area contributed by atoms with Crippen molar-refractivity contribution in [3.63, 3.8) is 0 Å². The topological polar surface area (TPSA) is 20.2 Å². The highest BCUT2D eigenvalue weighted by Gasteiger charge is 1.91. The third-order valence-electron chi connectivity index (χ3n) is 2.06. The molecule has 1 nitrogen and oxygen atoms in total. The van der Waals surface area contributed by atoms with Crippen LogP contribution in [0.2, 0.25) is 0 Å². The standard InChI is InChI=1S/C12H10.C3H4OS/c1-3-7-11(8-4-1)12-9-5-2-6-10-12;1-2-3(4)5/h1-10H;2H,1H2,(H,4,5). The number of benzene rings is 2. The summed E-state index contributed by atoms with van der Waals surface area (Å²) >= 11 is 4.13. The summed E-state index contributed by atoms with van der Waals surface area (Å²) in [5.41, 5.74) is 2.55. The van der Waals surface area contributed by atoms with Crippen LogP contribution in [0.15, 0.2) is 73.3 Å². The van der Waals surface area contributed by atoms with Gasteiger partial charge in [0.15, 0.2) is 5.05 Å². The molecule has 0 heterocycles. The lowest BCUT2D eigenvalue weighted by Gasteiger charge is -1.98. The number of thiocarbonyl (C=S) groups is 1. The first-order valence-electron chi connectivity index (χ1n) is 5.20. The molecule has 0 aliphatic rings. The molecule has 0 amide bonds. The molecular weight excluding hydrogens is 228 g/mol. The van der Waals surface area contributed by atoms with Gasteiger partial charge in [0.25, 0.3) is 0 Å². The molecule has 0 unspecified atom stereocenters. The van der Waals surface area contributed by atoms with Gasteiger partial charge in [-0.05, 0) is 29.4 Å². The Kier molecular flexibility index (Phi) is 5.69. The molecule has 0 aliphatic carbocycles. The average molecular weight is 242 g/mol. The van der Waals surface area contributed by atoms with Gasteiger partial charge in [0.1, 0.15) is 0 Å². The summed E-state index contributed by atoms with van der Waals surface area (Å²) in [6.45, 7) is 3.17. The van der Waals surface area contributed by atoms with Crippen LogP contribution >= 0.6 is 12.2 Å². The van der Waals surface area contributed by atoms with Crippen molar-refractivity contribution in [3.8, 4) is 11.1 Å². The Morgan fingerprint density at radius 2 is 1.18 bits per heavy atom. The molecule has 0 saturated carbocycles. The lowest BCUT2D eigenvalue weighted by Crippen LogP contribution is -1.76. The summed E-state index contributed by atoms with van der Waals surface area (Å²) in [6.07, 6.45) is 1.20. The molecule has 0 atom stereocenters. The Hall–Kier alpha value is -1.93. The van der Waals surface area contributed by atoms with Crippen LogP contribution in [0.4, 0.5) is 0 Å². The molecule has 1 N–H and O–H groups in total. The summed E-state index contributed by atoms with van der Waals surface area (Å²) in [6, 6.07) is 20.8. The van der Waals surface area contributed by atoms with Crippen LogP contribution in [0.25, 0.3) is 11.1 Å². The second-order valence-corrected chi connectivity index (χ2v) is 3.69. The van der Waals surface area contributed by atoms with Gasteiger partial charge in [-0.25, -0.2) is 0 Å². The molecule has 2 rings (SSSR count). The molecule has 0 radical (unpaired) electrons. The first kappa shape index (κ1) is 13.1. The van der Waals surface area contributed by atoms with E-state index in [1.54, 1.807) is 0 Å². The quantitative estimate of drug-likeness (QED) is 0.621. The van der Waals surface area contributed by atoms with E-state index in [9.17, 15) is 0 Å². The highest BCUT2D eigenvalue weighted by Crippen LogP contribution is 2.17. The molecule has 0 aromatic heterocycles. The van der Waals surface area contributed by atoms with Gasteiger partial charge in [-0.2, -0.15) is 0 Å². The second kappa shape index (κ2) is 7.36. The molecule has 0 fully saturated rings. The minimum Gasteiger partial charge on any atom is -0.499 e. The van der Waals surface area contributed by atoms with E-state index in [4.69, 9.17) is 5.11 Å². The van der Waals surface area contributed by atoms with Crippen LogP contribution in [-0.4, -0.2) is 10.2 Å². The summed E-state index contributed by atoms with van der Waals surface area (Å²) in [7, 11) is 0. The minimum atomic E-state index is -0.148. The van der Waals surface area contributed by atoms with Gasteiger partial charge >= 0.3 is 0 Å². The Balaban J connectivity index is 0.000000249. The van der Waals surface area contributed by atoms with Crippen LogP contribution in [0.3, 0.4) is 0 Å². The maximum atomic E-state index is 7.97. The van der Waals surface area contributed by atoms with Crippen LogP contribution in [-0.2, 0) is 0 Å². The molecule has 0 saturated heterocycles. The molecule has 0 aliphatic heterocycles. The van der Waals surface area contributed by atoms with Crippen molar-refractivity contribution in [2.75, 3.05) is 0 Å². The summed E-state index contributed by atoms with van der Waals surface area (Å²) in [5, 5.41) is 7.83. The van der Waals surface area contributed by atoms with Crippen molar-refractivity contribution in [2.24, 2.45) is 0 Å². The van der Waals surface area contributed by atoms with E-state index in [-0.39, 0.29) is 5.05 Å². The molecule has 2 aromatic rings. The van der Waals surface area contributed by atoms with Crippen molar-refractivity contribution in [1.29, 1.82) is 0 Å². The predicted octanol–water partition coefficient (Wildman–Crippen LogP) is 4.41. The van der Waals surface area contributed by atoms with E-state index in [0.29, 0.717) is 0 Å². The van der Waals surface area contributed by atoms with Crippen molar-refractivity contribution >= 4 is 17.3 Å². The molecule has 0 spiro atoms. The van der Waals surface area contributed by atoms with E-state index < -0.39 is 0 Å². The first-order valence-corrected chi connectivity index (χ1v) is 5.60. The van der Waals surface area contributed by atoms with Gasteiger partial charge in [-0.15, -0.1) is 0 Å². The van der Waals surface area contributed by atoms with Crippen molar-refractivity contribution in [2.45, 2.75) is 0 Å². The highest BCUT2D eigenvalue weighted by molar-refractivity contribution is 7.80. The number of hydrogen-bond acceptors (Lipinski definition) is 1. The molecule has 2 aromatic carbocycles. The summed E-state index contributed by atoms with van der Waals surface area (Å²) < 4.78 is 0. The Bertz CT molecular complexity index is 425. The zero-order valence-electron chi connectivity index (χ0n) is 9.41. The van der Waals surface area contributed by atoms with Crippen LogP contribution in [0.5, 0.6) is 0 Å². The highest BCUT2D eigenvalue weighted by atomic mass is 32.1. The number of rotatable bonds is 2. The van der Waals surface area contributed by atoms with Gasteiger partial charge in [0, 0.05) is 0 Å². The van der Waals surface area contributed by atoms with Crippen molar-refractivity contribution < 1.29 is 5.11 Å². The monoisotopic (exact) mass is 242 g/mol. The van der Waals surface area contributed by atoms with Gasteiger partial charge in [-0.3, -0.25) is 0 Å². The molecule has 2 heteroatoms. The molecular formula is C15H14OS. The zero-order valence-corrected chi connectivity index (χ0v) is 10.2. The SMILES string of the molecule is C=CC(O)=S.c1ccc(-c2ccccc2)cc1. The summed E-state index contributed by atoms with van der Waals surface area (Å²) in [5.74, 6) is 0. The second-order valence-electron chi connectivity index (χ2n) is 3.27.